The number of nitrogens with zero attached hydrogens (tertiary/aromatic N) is 1. The highest BCUT2D eigenvalue weighted by molar-refractivity contribution is 5.78. The largest absolute Gasteiger partial charge is 0.469 e. The molecule has 0 aliphatic rings. The maximum atomic E-state index is 10.9. The molecule has 0 bridgehead atoms. The van der Waals surface area contributed by atoms with Gasteiger partial charge in [0, 0.05) is 6.42 Å². The van der Waals surface area contributed by atoms with Crippen molar-refractivity contribution in [2.45, 2.75) is 19.3 Å². The molecule has 5 heteroatoms. The Morgan fingerprint density at radius 1 is 1.29 bits per heavy atom. The van der Waals surface area contributed by atoms with Gasteiger partial charge in [0.1, 0.15) is 0 Å². The molecule has 17 heavy (non-hydrogen) atoms. The van der Waals surface area contributed by atoms with Gasteiger partial charge in [0.15, 0.2) is 5.96 Å². The molecule has 0 atom stereocenters. The zero-order valence-corrected chi connectivity index (χ0v) is 9.85. The molecule has 0 saturated carbocycles. The quantitative estimate of drug-likeness (QED) is 0.454. The number of carbonyl (C=O) groups excluding carboxylic acids is 1. The third-order valence-corrected chi connectivity index (χ3v) is 2.27. The maximum Gasteiger partial charge on any atom is 0.305 e. The van der Waals surface area contributed by atoms with E-state index in [-0.39, 0.29) is 11.9 Å². The second-order valence-electron chi connectivity index (χ2n) is 3.63. The number of nitrogens with two attached hydrogens (primary N) is 2. The molecule has 1 rings (SSSR count). The molecule has 5 nitrogen and oxygen atoms in total. The first-order valence-electron chi connectivity index (χ1n) is 5.37. The van der Waals surface area contributed by atoms with Crippen LogP contribution in [-0.2, 0) is 16.0 Å². The van der Waals surface area contributed by atoms with E-state index in [9.17, 15) is 4.79 Å². The van der Waals surface area contributed by atoms with Crippen molar-refractivity contribution < 1.29 is 9.53 Å². The minimum atomic E-state index is -0.179. The van der Waals surface area contributed by atoms with Gasteiger partial charge in [-0.25, -0.2) is 4.99 Å². The Morgan fingerprint density at radius 2 is 1.94 bits per heavy atom. The van der Waals surface area contributed by atoms with Crippen LogP contribution < -0.4 is 11.5 Å². The average molecular weight is 235 g/mol. The summed E-state index contributed by atoms with van der Waals surface area (Å²) in [6, 6.07) is 7.57. The van der Waals surface area contributed by atoms with E-state index in [1.807, 2.05) is 24.3 Å². The van der Waals surface area contributed by atoms with Crippen molar-refractivity contribution >= 4 is 17.6 Å². The molecule has 0 radical (unpaired) electrons. The number of aryl methyl sites for hydroxylation is 1. The molecule has 0 aromatic heterocycles. The number of benzene rings is 1. The van der Waals surface area contributed by atoms with E-state index < -0.39 is 0 Å². The van der Waals surface area contributed by atoms with Gasteiger partial charge in [0.2, 0.25) is 0 Å². The number of hydrogen-bond donors (Lipinski definition) is 2. The molecule has 0 fully saturated rings. The Kier molecular flexibility index (Phi) is 5.00. The Morgan fingerprint density at radius 3 is 2.47 bits per heavy atom. The van der Waals surface area contributed by atoms with E-state index in [0.717, 1.165) is 24.1 Å². The third kappa shape index (κ3) is 5.01. The second kappa shape index (κ2) is 6.52. The van der Waals surface area contributed by atoms with Crippen LogP contribution in [0.1, 0.15) is 18.4 Å². The van der Waals surface area contributed by atoms with Gasteiger partial charge in [-0.1, -0.05) is 12.1 Å². The number of carbonyl (C=O) groups is 1. The van der Waals surface area contributed by atoms with Gasteiger partial charge in [-0.15, -0.1) is 0 Å². The van der Waals surface area contributed by atoms with E-state index >= 15 is 0 Å². The fourth-order valence-electron chi connectivity index (χ4n) is 1.43. The zero-order valence-electron chi connectivity index (χ0n) is 9.85. The van der Waals surface area contributed by atoms with Crippen LogP contribution in [0.5, 0.6) is 0 Å². The van der Waals surface area contributed by atoms with Crippen LogP contribution in [0.4, 0.5) is 5.69 Å². The minimum absolute atomic E-state index is 0.0449. The highest BCUT2D eigenvalue weighted by Gasteiger charge is 2.00. The van der Waals surface area contributed by atoms with Crippen molar-refractivity contribution in [3.63, 3.8) is 0 Å². The Bertz CT molecular complexity index is 395. The van der Waals surface area contributed by atoms with Crippen LogP contribution in [0, 0.1) is 0 Å². The Hall–Kier alpha value is -2.04. The van der Waals surface area contributed by atoms with Crippen LogP contribution in [0.25, 0.3) is 0 Å². The molecule has 1 aromatic rings. The normalized spacial score (nSPS) is 9.71. The molecule has 0 unspecified atom stereocenters. The van der Waals surface area contributed by atoms with Crippen molar-refractivity contribution in [2.75, 3.05) is 7.11 Å². The molecule has 4 N–H and O–H groups in total. The maximum absolute atomic E-state index is 10.9. The van der Waals surface area contributed by atoms with Crippen LogP contribution in [0.2, 0.25) is 0 Å². The van der Waals surface area contributed by atoms with Gasteiger partial charge < -0.3 is 16.2 Å². The highest BCUT2D eigenvalue weighted by atomic mass is 16.5. The van der Waals surface area contributed by atoms with Gasteiger partial charge in [-0.3, -0.25) is 4.79 Å². The molecular formula is C12H17N3O2. The molecule has 0 amide bonds. The van der Waals surface area contributed by atoms with Crippen LogP contribution >= 0.6 is 0 Å². The lowest BCUT2D eigenvalue weighted by Gasteiger charge is -2.02. The zero-order chi connectivity index (χ0) is 12.7. The summed E-state index contributed by atoms with van der Waals surface area (Å²) >= 11 is 0. The summed E-state index contributed by atoms with van der Waals surface area (Å²) < 4.78 is 4.57. The van der Waals surface area contributed by atoms with E-state index in [2.05, 4.69) is 9.73 Å². The molecule has 0 aliphatic heterocycles. The van der Waals surface area contributed by atoms with E-state index in [1.54, 1.807) is 0 Å². The predicted molar refractivity (Wildman–Crippen MR) is 66.9 cm³/mol. The summed E-state index contributed by atoms with van der Waals surface area (Å²) in [5, 5.41) is 0. The van der Waals surface area contributed by atoms with Gasteiger partial charge in [-0.05, 0) is 30.5 Å². The standard InChI is InChI=1S/C12H17N3O2/c1-17-11(16)4-2-3-9-5-7-10(8-6-9)15-12(13)14/h5-8H,2-4H2,1H3,(H4,13,14,15). The molecule has 92 valence electrons. The number of ether oxygens (including phenoxy) is 1. The first kappa shape index (κ1) is 13.0. The lowest BCUT2D eigenvalue weighted by Crippen LogP contribution is -2.21. The van der Waals surface area contributed by atoms with E-state index in [4.69, 9.17) is 11.5 Å². The SMILES string of the molecule is COC(=O)CCCc1ccc(N=C(N)N)cc1. The number of rotatable bonds is 5. The van der Waals surface area contributed by atoms with Crippen molar-refractivity contribution in [1.29, 1.82) is 0 Å². The van der Waals surface area contributed by atoms with E-state index in [1.165, 1.54) is 7.11 Å². The summed E-state index contributed by atoms with van der Waals surface area (Å²) in [5.41, 5.74) is 12.4. The lowest BCUT2D eigenvalue weighted by molar-refractivity contribution is -0.140. The lowest BCUT2D eigenvalue weighted by atomic mass is 10.1. The monoisotopic (exact) mass is 235 g/mol. The average Bonchev–Trinajstić information content (AvgIpc) is 2.30. The van der Waals surface area contributed by atoms with Gasteiger partial charge in [0.25, 0.3) is 0 Å². The van der Waals surface area contributed by atoms with Crippen LogP contribution in [0.3, 0.4) is 0 Å². The summed E-state index contributed by atoms with van der Waals surface area (Å²) in [6.07, 6.45) is 2.04. The number of hydrogen-bond acceptors (Lipinski definition) is 3. The molecule has 0 heterocycles. The van der Waals surface area contributed by atoms with Crippen LogP contribution in [-0.4, -0.2) is 19.0 Å². The van der Waals surface area contributed by atoms with Crippen molar-refractivity contribution in [3.05, 3.63) is 29.8 Å². The van der Waals surface area contributed by atoms with Gasteiger partial charge >= 0.3 is 5.97 Å². The predicted octanol–water partition coefficient (Wildman–Crippen LogP) is 1.09. The van der Waals surface area contributed by atoms with Crippen molar-refractivity contribution in [3.8, 4) is 0 Å². The Balaban J connectivity index is 2.46. The Labute approximate surface area is 100 Å². The fourth-order valence-corrected chi connectivity index (χ4v) is 1.43. The number of methoxy groups -OCH3 is 1. The first-order valence-corrected chi connectivity index (χ1v) is 5.37. The molecular weight excluding hydrogens is 218 g/mol. The number of aliphatic imine (C=N–C) groups is 1. The molecule has 0 saturated heterocycles. The van der Waals surface area contributed by atoms with Crippen LogP contribution in [0.15, 0.2) is 29.3 Å². The van der Waals surface area contributed by atoms with Gasteiger partial charge in [0.05, 0.1) is 12.8 Å². The topological polar surface area (TPSA) is 90.7 Å². The first-order chi connectivity index (χ1) is 8.11. The van der Waals surface area contributed by atoms with Gasteiger partial charge in [-0.2, -0.15) is 0 Å². The smallest absolute Gasteiger partial charge is 0.305 e. The third-order valence-electron chi connectivity index (χ3n) is 2.27. The summed E-state index contributed by atoms with van der Waals surface area (Å²) in [6.45, 7) is 0. The second-order valence-corrected chi connectivity index (χ2v) is 3.63. The molecule has 0 aliphatic carbocycles. The summed E-state index contributed by atoms with van der Waals surface area (Å²) in [5.74, 6) is -0.134. The summed E-state index contributed by atoms with van der Waals surface area (Å²) in [7, 11) is 1.40. The van der Waals surface area contributed by atoms with Crippen molar-refractivity contribution in [2.24, 2.45) is 16.5 Å². The summed E-state index contributed by atoms with van der Waals surface area (Å²) in [4.78, 5) is 14.8. The number of guanidine groups is 1. The molecule has 1 aromatic carbocycles. The fraction of sp³-hybridized carbons (Fsp3) is 0.333. The molecule has 0 spiro atoms. The number of esters is 1. The van der Waals surface area contributed by atoms with Crippen molar-refractivity contribution in [1.82, 2.24) is 0 Å². The van der Waals surface area contributed by atoms with E-state index in [0.29, 0.717) is 6.42 Å². The minimum Gasteiger partial charge on any atom is -0.469 e. The highest BCUT2D eigenvalue weighted by Crippen LogP contribution is 2.14.